The zero-order chi connectivity index (χ0) is 13.8. The molecule has 0 amide bonds. The Morgan fingerprint density at radius 1 is 0.800 bits per heavy atom. The van der Waals surface area contributed by atoms with Gasteiger partial charge in [0.1, 0.15) is 5.75 Å². The maximum Gasteiger partial charge on any atom is 0.188 e. The maximum atomic E-state index is 5.71. The minimum atomic E-state index is 0.252. The third kappa shape index (κ3) is 2.38. The Labute approximate surface area is 118 Å². The van der Waals surface area contributed by atoms with E-state index in [4.69, 9.17) is 9.47 Å². The fourth-order valence-corrected chi connectivity index (χ4v) is 2.41. The zero-order valence-corrected chi connectivity index (χ0v) is 11.4. The van der Waals surface area contributed by atoms with Gasteiger partial charge in [0.2, 0.25) is 0 Å². The summed E-state index contributed by atoms with van der Waals surface area (Å²) in [5.74, 6) is 0.851. The Bertz CT molecular complexity index is 700. The van der Waals surface area contributed by atoms with Crippen LogP contribution in [0.2, 0.25) is 0 Å². The predicted octanol–water partition coefficient (Wildman–Crippen LogP) is 4.49. The second-order valence-corrected chi connectivity index (χ2v) is 4.58. The summed E-state index contributed by atoms with van der Waals surface area (Å²) < 4.78 is 10.7. The molecule has 2 heteroatoms. The van der Waals surface area contributed by atoms with E-state index in [1.54, 1.807) is 7.11 Å². The molecule has 0 atom stereocenters. The second-order valence-electron chi connectivity index (χ2n) is 4.58. The molecule has 3 aromatic rings. The Hall–Kier alpha value is -2.32. The van der Waals surface area contributed by atoms with E-state index in [2.05, 4.69) is 36.4 Å². The van der Waals surface area contributed by atoms with Crippen molar-refractivity contribution in [3.8, 4) is 16.9 Å². The lowest BCUT2D eigenvalue weighted by atomic mass is 9.98. The van der Waals surface area contributed by atoms with Crippen LogP contribution in [-0.2, 0) is 4.74 Å². The molecule has 0 heterocycles. The molecule has 100 valence electrons. The Morgan fingerprint density at radius 2 is 1.55 bits per heavy atom. The number of ether oxygens (including phenoxy) is 2. The van der Waals surface area contributed by atoms with Gasteiger partial charge in [0.05, 0.1) is 0 Å². The van der Waals surface area contributed by atoms with Gasteiger partial charge in [-0.15, -0.1) is 0 Å². The van der Waals surface area contributed by atoms with Gasteiger partial charge in [-0.05, 0) is 22.6 Å². The van der Waals surface area contributed by atoms with Crippen LogP contribution in [0.4, 0.5) is 0 Å². The van der Waals surface area contributed by atoms with E-state index in [1.807, 2.05) is 30.3 Å². The first-order valence-corrected chi connectivity index (χ1v) is 6.59. The van der Waals surface area contributed by atoms with Gasteiger partial charge in [-0.25, -0.2) is 0 Å². The van der Waals surface area contributed by atoms with Crippen LogP contribution < -0.4 is 4.74 Å². The van der Waals surface area contributed by atoms with E-state index < -0.39 is 0 Å². The molecule has 3 rings (SSSR count). The quantitative estimate of drug-likeness (QED) is 0.646. The lowest BCUT2D eigenvalue weighted by molar-refractivity contribution is 0.0522. The Morgan fingerprint density at radius 3 is 2.30 bits per heavy atom. The van der Waals surface area contributed by atoms with Crippen molar-refractivity contribution < 1.29 is 9.47 Å². The van der Waals surface area contributed by atoms with Crippen LogP contribution in [0.25, 0.3) is 21.9 Å². The summed E-state index contributed by atoms with van der Waals surface area (Å²) in [6.45, 7) is 0.252. The number of methoxy groups -OCH3 is 1. The van der Waals surface area contributed by atoms with Gasteiger partial charge in [0, 0.05) is 12.5 Å². The predicted molar refractivity (Wildman–Crippen MR) is 81.9 cm³/mol. The normalized spacial score (nSPS) is 10.7. The van der Waals surface area contributed by atoms with Crippen LogP contribution in [0.15, 0.2) is 66.7 Å². The lowest BCUT2D eigenvalue weighted by Crippen LogP contribution is -1.99. The van der Waals surface area contributed by atoms with Crippen molar-refractivity contribution in [2.24, 2.45) is 0 Å². The summed E-state index contributed by atoms with van der Waals surface area (Å²) in [5, 5.41) is 2.29. The van der Waals surface area contributed by atoms with Crippen LogP contribution in [0.5, 0.6) is 5.75 Å². The minimum absolute atomic E-state index is 0.252. The first-order valence-electron chi connectivity index (χ1n) is 6.59. The molecule has 0 saturated carbocycles. The molecule has 0 saturated heterocycles. The molecule has 0 unspecified atom stereocenters. The van der Waals surface area contributed by atoms with Crippen molar-refractivity contribution in [2.45, 2.75) is 0 Å². The Kier molecular flexibility index (Phi) is 3.66. The highest BCUT2D eigenvalue weighted by atomic mass is 16.7. The van der Waals surface area contributed by atoms with Crippen LogP contribution in [0.3, 0.4) is 0 Å². The smallest absolute Gasteiger partial charge is 0.188 e. The molecule has 3 aromatic carbocycles. The average molecular weight is 264 g/mol. The van der Waals surface area contributed by atoms with E-state index in [0.29, 0.717) is 0 Å². The molecule has 0 aliphatic rings. The van der Waals surface area contributed by atoms with Crippen LogP contribution >= 0.6 is 0 Å². The third-order valence-corrected chi connectivity index (χ3v) is 3.28. The standard InChI is InChI=1S/C18H16O2/c1-19-13-20-17-12-6-10-15-9-5-11-16(18(15)17)14-7-3-2-4-8-14/h2-12H,13H2,1H3. The number of fused-ring (bicyclic) bond motifs is 1. The Balaban J connectivity index is 2.21. The van der Waals surface area contributed by atoms with Crippen molar-refractivity contribution in [3.05, 3.63) is 66.7 Å². The van der Waals surface area contributed by atoms with E-state index >= 15 is 0 Å². The van der Waals surface area contributed by atoms with E-state index in [9.17, 15) is 0 Å². The summed E-state index contributed by atoms with van der Waals surface area (Å²) >= 11 is 0. The van der Waals surface area contributed by atoms with Crippen molar-refractivity contribution in [1.82, 2.24) is 0 Å². The molecular weight excluding hydrogens is 248 g/mol. The highest BCUT2D eigenvalue weighted by molar-refractivity contribution is 6.00. The van der Waals surface area contributed by atoms with Crippen molar-refractivity contribution in [2.75, 3.05) is 13.9 Å². The fourth-order valence-electron chi connectivity index (χ4n) is 2.41. The van der Waals surface area contributed by atoms with Crippen LogP contribution in [0.1, 0.15) is 0 Å². The number of hydrogen-bond donors (Lipinski definition) is 0. The maximum absolute atomic E-state index is 5.71. The van der Waals surface area contributed by atoms with Crippen molar-refractivity contribution >= 4 is 10.8 Å². The highest BCUT2D eigenvalue weighted by Gasteiger charge is 2.08. The van der Waals surface area contributed by atoms with Gasteiger partial charge in [0.25, 0.3) is 0 Å². The lowest BCUT2D eigenvalue weighted by Gasteiger charge is -2.12. The second kappa shape index (κ2) is 5.76. The largest absolute Gasteiger partial charge is 0.467 e. The van der Waals surface area contributed by atoms with Crippen molar-refractivity contribution in [1.29, 1.82) is 0 Å². The summed E-state index contributed by atoms with van der Waals surface area (Å²) in [4.78, 5) is 0. The first kappa shape index (κ1) is 12.7. The molecule has 0 bridgehead atoms. The van der Waals surface area contributed by atoms with Gasteiger partial charge in [-0.2, -0.15) is 0 Å². The molecule has 0 aliphatic heterocycles. The summed E-state index contributed by atoms with van der Waals surface area (Å²) in [5.41, 5.74) is 2.36. The summed E-state index contributed by atoms with van der Waals surface area (Å²) in [7, 11) is 1.63. The minimum Gasteiger partial charge on any atom is -0.467 e. The van der Waals surface area contributed by atoms with Gasteiger partial charge < -0.3 is 9.47 Å². The van der Waals surface area contributed by atoms with E-state index in [-0.39, 0.29) is 6.79 Å². The SMILES string of the molecule is COCOc1cccc2cccc(-c3ccccc3)c12. The molecule has 0 N–H and O–H groups in total. The first-order chi connectivity index (χ1) is 9.90. The molecule has 20 heavy (non-hydrogen) atoms. The highest BCUT2D eigenvalue weighted by Crippen LogP contribution is 2.35. The molecule has 0 aliphatic carbocycles. The fraction of sp³-hybridized carbons (Fsp3) is 0.111. The van der Waals surface area contributed by atoms with Crippen LogP contribution in [0, 0.1) is 0 Å². The van der Waals surface area contributed by atoms with E-state index in [1.165, 1.54) is 16.5 Å². The summed E-state index contributed by atoms with van der Waals surface area (Å²) in [6.07, 6.45) is 0. The van der Waals surface area contributed by atoms with Gasteiger partial charge >= 0.3 is 0 Å². The summed E-state index contributed by atoms with van der Waals surface area (Å²) in [6, 6.07) is 22.7. The zero-order valence-electron chi connectivity index (χ0n) is 11.4. The van der Waals surface area contributed by atoms with E-state index in [0.717, 1.165) is 11.1 Å². The average Bonchev–Trinajstić information content (AvgIpc) is 2.53. The third-order valence-electron chi connectivity index (χ3n) is 3.28. The topological polar surface area (TPSA) is 18.5 Å². The monoisotopic (exact) mass is 264 g/mol. The molecule has 0 radical (unpaired) electrons. The number of benzene rings is 3. The van der Waals surface area contributed by atoms with Crippen LogP contribution in [-0.4, -0.2) is 13.9 Å². The van der Waals surface area contributed by atoms with Gasteiger partial charge in [-0.3, -0.25) is 0 Å². The molecule has 0 aromatic heterocycles. The molecular formula is C18H16O2. The molecule has 2 nitrogen and oxygen atoms in total. The van der Waals surface area contributed by atoms with Crippen molar-refractivity contribution in [3.63, 3.8) is 0 Å². The molecule has 0 fully saturated rings. The van der Waals surface area contributed by atoms with Gasteiger partial charge in [-0.1, -0.05) is 60.7 Å². The molecule has 0 spiro atoms. The number of rotatable bonds is 4. The number of hydrogen-bond acceptors (Lipinski definition) is 2. The van der Waals surface area contributed by atoms with Gasteiger partial charge in [0.15, 0.2) is 6.79 Å².